The summed E-state index contributed by atoms with van der Waals surface area (Å²) < 4.78 is 15.9. The molecule has 0 unspecified atom stereocenters. The monoisotopic (exact) mass is 469 g/mol. The van der Waals surface area contributed by atoms with Crippen LogP contribution in [0.3, 0.4) is 0 Å². The molecule has 0 radical (unpaired) electrons. The predicted octanol–water partition coefficient (Wildman–Crippen LogP) is 2.79. The van der Waals surface area contributed by atoms with Gasteiger partial charge in [0.25, 0.3) is 11.8 Å². The Kier molecular flexibility index (Phi) is 7.46. The fraction of sp³-hybridized carbons (Fsp3) is 0.261. The minimum Gasteiger partial charge on any atom is -0.490 e. The Morgan fingerprint density at radius 2 is 1.88 bits per heavy atom. The zero-order valence-corrected chi connectivity index (χ0v) is 18.8. The molecule has 0 aliphatic carbocycles. The highest BCUT2D eigenvalue weighted by Crippen LogP contribution is 2.40. The average molecular weight is 469 g/mol. The number of para-hydroxylation sites is 1. The summed E-state index contributed by atoms with van der Waals surface area (Å²) >= 11 is 0. The van der Waals surface area contributed by atoms with Crippen LogP contribution in [0.25, 0.3) is 6.08 Å². The van der Waals surface area contributed by atoms with Crippen molar-refractivity contribution in [3.8, 4) is 11.5 Å². The Balaban J connectivity index is 2.01. The Morgan fingerprint density at radius 3 is 2.50 bits per heavy atom. The van der Waals surface area contributed by atoms with Gasteiger partial charge in [0.1, 0.15) is 5.57 Å². The molecule has 1 atom stereocenters. The summed E-state index contributed by atoms with van der Waals surface area (Å²) in [4.78, 5) is 48.3. The zero-order chi connectivity index (χ0) is 24.8. The summed E-state index contributed by atoms with van der Waals surface area (Å²) in [6, 6.07) is 11.0. The number of anilines is 1. The van der Waals surface area contributed by atoms with E-state index in [1.807, 2.05) is 0 Å². The predicted molar refractivity (Wildman–Crippen MR) is 121 cm³/mol. The van der Waals surface area contributed by atoms with Crippen LogP contribution < -0.4 is 19.9 Å². The summed E-state index contributed by atoms with van der Waals surface area (Å²) in [5.41, 5.74) is 2.38. The van der Waals surface area contributed by atoms with E-state index in [0.29, 0.717) is 5.69 Å². The van der Waals surface area contributed by atoms with Gasteiger partial charge in [0, 0.05) is 6.07 Å². The summed E-state index contributed by atoms with van der Waals surface area (Å²) in [6.07, 6.45) is 0.0954. The van der Waals surface area contributed by atoms with Crippen LogP contribution in [0, 0.1) is 10.1 Å². The Bertz CT molecular complexity index is 1150. The van der Waals surface area contributed by atoms with E-state index in [1.54, 1.807) is 44.2 Å². The largest absolute Gasteiger partial charge is 0.490 e. The molecule has 2 aromatic rings. The van der Waals surface area contributed by atoms with Crippen molar-refractivity contribution in [3.63, 3.8) is 0 Å². The summed E-state index contributed by atoms with van der Waals surface area (Å²) in [6.45, 7) is 4.95. The molecule has 0 saturated carbocycles. The number of nitrogens with zero attached hydrogens (tertiary/aromatic N) is 2. The van der Waals surface area contributed by atoms with Gasteiger partial charge in [-0.2, -0.15) is 0 Å². The van der Waals surface area contributed by atoms with Gasteiger partial charge in [0.05, 0.1) is 23.8 Å². The number of carbonyl (C=O) groups is 3. The number of carbonyl (C=O) groups excluding carboxylic acids is 3. The quantitative estimate of drug-likeness (QED) is 0.195. The van der Waals surface area contributed by atoms with E-state index in [-0.39, 0.29) is 35.8 Å². The van der Waals surface area contributed by atoms with E-state index in [1.165, 1.54) is 19.1 Å². The van der Waals surface area contributed by atoms with Crippen LogP contribution in [-0.2, 0) is 19.1 Å². The maximum Gasteiger partial charge on any atom is 0.347 e. The minimum absolute atomic E-state index is 0.0227. The number of nitro benzene ring substituents is 1. The van der Waals surface area contributed by atoms with Gasteiger partial charge in [-0.1, -0.05) is 18.2 Å². The molecule has 1 fully saturated rings. The lowest BCUT2D eigenvalue weighted by Gasteiger charge is -2.17. The van der Waals surface area contributed by atoms with E-state index in [9.17, 15) is 24.5 Å². The molecule has 178 valence electrons. The van der Waals surface area contributed by atoms with Crippen LogP contribution in [0.15, 0.2) is 48.0 Å². The van der Waals surface area contributed by atoms with Crippen LogP contribution in [0.2, 0.25) is 0 Å². The van der Waals surface area contributed by atoms with E-state index in [2.05, 4.69) is 5.43 Å². The number of rotatable bonds is 9. The average Bonchev–Trinajstić information content (AvgIpc) is 3.09. The van der Waals surface area contributed by atoms with Crippen LogP contribution in [0.5, 0.6) is 11.5 Å². The number of hydrogen-bond donors (Lipinski definition) is 1. The second-order valence-corrected chi connectivity index (χ2v) is 7.04. The number of hydrazine groups is 1. The lowest BCUT2D eigenvalue weighted by Crippen LogP contribution is -2.35. The summed E-state index contributed by atoms with van der Waals surface area (Å²) in [5, 5.41) is 12.9. The van der Waals surface area contributed by atoms with Crippen molar-refractivity contribution in [2.24, 2.45) is 0 Å². The van der Waals surface area contributed by atoms with E-state index in [0.717, 1.165) is 11.1 Å². The lowest BCUT2D eigenvalue weighted by molar-refractivity contribution is -0.386. The first-order valence-electron chi connectivity index (χ1n) is 10.5. The highest BCUT2D eigenvalue weighted by molar-refractivity contribution is 6.31. The van der Waals surface area contributed by atoms with Gasteiger partial charge < -0.3 is 14.2 Å². The highest BCUT2D eigenvalue weighted by atomic mass is 16.6. The molecule has 1 heterocycles. The lowest BCUT2D eigenvalue weighted by atomic mass is 10.1. The molecular weight excluding hydrogens is 446 g/mol. The molecular formula is C23H23N3O8. The third-order valence-electron chi connectivity index (χ3n) is 4.68. The van der Waals surface area contributed by atoms with Gasteiger partial charge >= 0.3 is 11.7 Å². The molecule has 0 bridgehead atoms. The maximum absolute atomic E-state index is 12.8. The van der Waals surface area contributed by atoms with Gasteiger partial charge in [0.2, 0.25) is 5.75 Å². The number of benzene rings is 2. The SMILES string of the molecule is CCOC(=O)[C@@H](C)Oc1c(OCC)cc(/C=C2/C(=O)NN(c3ccccc3)C2=O)cc1[N+](=O)[O-]. The normalized spacial score (nSPS) is 15.1. The number of hydrogen-bond acceptors (Lipinski definition) is 8. The first-order valence-corrected chi connectivity index (χ1v) is 10.5. The zero-order valence-electron chi connectivity index (χ0n) is 18.8. The fourth-order valence-corrected chi connectivity index (χ4v) is 3.18. The molecule has 11 heteroatoms. The maximum atomic E-state index is 12.8. The number of esters is 1. The Labute approximate surface area is 195 Å². The minimum atomic E-state index is -1.14. The van der Waals surface area contributed by atoms with Crippen molar-refractivity contribution >= 4 is 35.2 Å². The second-order valence-electron chi connectivity index (χ2n) is 7.04. The van der Waals surface area contributed by atoms with Gasteiger partial charge in [-0.05, 0) is 50.6 Å². The van der Waals surface area contributed by atoms with Crippen molar-refractivity contribution in [1.82, 2.24) is 5.43 Å². The molecule has 2 amide bonds. The van der Waals surface area contributed by atoms with E-state index < -0.39 is 34.5 Å². The van der Waals surface area contributed by atoms with Crippen LogP contribution in [0.4, 0.5) is 11.4 Å². The first-order chi connectivity index (χ1) is 16.3. The molecule has 1 aliphatic heterocycles. The molecule has 0 aromatic heterocycles. The van der Waals surface area contributed by atoms with Crippen molar-refractivity contribution < 1.29 is 33.5 Å². The van der Waals surface area contributed by atoms with Gasteiger partial charge in [0.15, 0.2) is 11.9 Å². The van der Waals surface area contributed by atoms with Crippen molar-refractivity contribution in [2.45, 2.75) is 26.9 Å². The fourth-order valence-electron chi connectivity index (χ4n) is 3.18. The Hall–Kier alpha value is -4.41. The van der Waals surface area contributed by atoms with Crippen molar-refractivity contribution in [1.29, 1.82) is 0 Å². The summed E-state index contributed by atoms with van der Waals surface area (Å²) in [7, 11) is 0. The van der Waals surface area contributed by atoms with E-state index in [4.69, 9.17) is 14.2 Å². The molecule has 11 nitrogen and oxygen atoms in total. The molecule has 34 heavy (non-hydrogen) atoms. The first kappa shape index (κ1) is 24.2. The third-order valence-corrected chi connectivity index (χ3v) is 4.68. The third kappa shape index (κ3) is 5.14. The van der Waals surface area contributed by atoms with E-state index >= 15 is 0 Å². The number of nitro groups is 1. The second kappa shape index (κ2) is 10.5. The summed E-state index contributed by atoms with van der Waals surface area (Å²) in [5.74, 6) is -2.26. The molecule has 1 aliphatic rings. The van der Waals surface area contributed by atoms with Crippen LogP contribution >= 0.6 is 0 Å². The highest BCUT2D eigenvalue weighted by Gasteiger charge is 2.35. The van der Waals surface area contributed by atoms with Crippen molar-refractivity contribution in [3.05, 3.63) is 63.7 Å². The van der Waals surface area contributed by atoms with Gasteiger partial charge in [-0.25, -0.2) is 9.80 Å². The molecule has 2 aromatic carbocycles. The van der Waals surface area contributed by atoms with Crippen LogP contribution in [-0.4, -0.2) is 42.0 Å². The van der Waals surface area contributed by atoms with Crippen LogP contribution in [0.1, 0.15) is 26.3 Å². The Morgan fingerprint density at radius 1 is 1.18 bits per heavy atom. The molecule has 0 spiro atoms. The van der Waals surface area contributed by atoms with Gasteiger partial charge in [-0.15, -0.1) is 0 Å². The number of amides is 2. The van der Waals surface area contributed by atoms with Crippen molar-refractivity contribution in [2.75, 3.05) is 18.2 Å². The molecule has 1 N–H and O–H groups in total. The molecule has 1 saturated heterocycles. The van der Waals surface area contributed by atoms with Gasteiger partial charge in [-0.3, -0.25) is 25.1 Å². The molecule has 3 rings (SSSR count). The number of nitrogens with one attached hydrogen (secondary N) is 1. The smallest absolute Gasteiger partial charge is 0.347 e. The standard InChI is InChI=1S/C23H23N3O8/c1-4-32-19-13-15(12-18(26(30)31)20(19)34-14(3)23(29)33-5-2)11-17-21(27)24-25(22(17)28)16-9-7-6-8-10-16/h6-14H,4-5H2,1-3H3,(H,24,27)/b17-11-/t14-/m1/s1. The topological polar surface area (TPSA) is 137 Å². The number of ether oxygens (including phenoxy) is 3.